The van der Waals surface area contributed by atoms with Crippen molar-refractivity contribution in [1.82, 2.24) is 9.88 Å². The molecule has 3 atom stereocenters. The molecule has 2 aliphatic rings. The van der Waals surface area contributed by atoms with Gasteiger partial charge in [0.15, 0.2) is 0 Å². The van der Waals surface area contributed by atoms with E-state index in [4.69, 9.17) is 37.4 Å². The average Bonchev–Trinajstić information content (AvgIpc) is 3.47. The molecule has 1 saturated heterocycles. The van der Waals surface area contributed by atoms with Gasteiger partial charge in [-0.25, -0.2) is 4.39 Å². The Kier molecular flexibility index (Phi) is 7.48. The van der Waals surface area contributed by atoms with Crippen LogP contribution in [0.3, 0.4) is 0 Å². The van der Waals surface area contributed by atoms with Crippen LogP contribution in [0.15, 0.2) is 54.7 Å². The van der Waals surface area contributed by atoms with E-state index in [9.17, 15) is 9.90 Å². The van der Waals surface area contributed by atoms with E-state index in [0.717, 1.165) is 0 Å². The van der Waals surface area contributed by atoms with Crippen molar-refractivity contribution in [1.29, 1.82) is 0 Å². The standard InChI is InChI=1S/C28H27Cl2FN2O5/c1-27(35,16-36-2)18-11-23-25(24(31)12-18)28(38-22-9-10-37-15-22,17-3-5-19(29)6-4-17)33(26(23)34)14-21-8-7-20(30)13-32-21/h3-8,11-13,22,35H,9-10,14-16H2,1-2H3/t22-,27-,28+/m0/s1. The number of benzene rings is 2. The van der Waals surface area contributed by atoms with E-state index >= 15 is 4.39 Å². The number of aliphatic hydroxyl groups is 1. The fraction of sp³-hybridized carbons (Fsp3) is 0.357. The van der Waals surface area contributed by atoms with Crippen molar-refractivity contribution in [3.8, 4) is 0 Å². The molecular weight excluding hydrogens is 534 g/mol. The molecule has 1 fully saturated rings. The molecule has 2 aliphatic heterocycles. The molecule has 10 heteroatoms. The van der Waals surface area contributed by atoms with Crippen LogP contribution < -0.4 is 0 Å². The first-order chi connectivity index (χ1) is 18.2. The van der Waals surface area contributed by atoms with Crippen LogP contribution in [0.5, 0.6) is 0 Å². The molecule has 0 aliphatic carbocycles. The van der Waals surface area contributed by atoms with Crippen LogP contribution in [0.2, 0.25) is 10.0 Å². The third-order valence-electron chi connectivity index (χ3n) is 6.90. The lowest BCUT2D eigenvalue weighted by atomic mass is 9.88. The second-order valence-corrected chi connectivity index (χ2v) is 10.6. The fourth-order valence-corrected chi connectivity index (χ4v) is 5.31. The summed E-state index contributed by atoms with van der Waals surface area (Å²) in [6.45, 7) is 2.21. The van der Waals surface area contributed by atoms with E-state index in [1.165, 1.54) is 37.3 Å². The van der Waals surface area contributed by atoms with Gasteiger partial charge < -0.3 is 19.3 Å². The molecule has 200 valence electrons. The Morgan fingerprint density at radius 3 is 2.58 bits per heavy atom. The Hall–Kier alpha value is -2.59. The summed E-state index contributed by atoms with van der Waals surface area (Å²) in [7, 11) is 1.44. The Morgan fingerprint density at radius 1 is 1.21 bits per heavy atom. The highest BCUT2D eigenvalue weighted by atomic mass is 35.5. The van der Waals surface area contributed by atoms with Crippen LogP contribution in [0.4, 0.5) is 4.39 Å². The van der Waals surface area contributed by atoms with Crippen molar-refractivity contribution in [3.05, 3.63) is 98.5 Å². The number of aromatic nitrogens is 1. The number of carbonyl (C=O) groups is 1. The van der Waals surface area contributed by atoms with E-state index < -0.39 is 29.2 Å². The minimum absolute atomic E-state index is 0.00409. The van der Waals surface area contributed by atoms with E-state index in [0.29, 0.717) is 40.9 Å². The molecule has 0 radical (unpaired) electrons. The predicted molar refractivity (Wildman–Crippen MR) is 140 cm³/mol. The maximum absolute atomic E-state index is 16.3. The van der Waals surface area contributed by atoms with Gasteiger partial charge in [0.2, 0.25) is 5.72 Å². The first-order valence-electron chi connectivity index (χ1n) is 12.2. The molecule has 1 aromatic heterocycles. The molecule has 0 unspecified atom stereocenters. The van der Waals surface area contributed by atoms with Gasteiger partial charge in [0, 0.05) is 30.5 Å². The van der Waals surface area contributed by atoms with Crippen molar-refractivity contribution in [2.24, 2.45) is 0 Å². The monoisotopic (exact) mass is 560 g/mol. The van der Waals surface area contributed by atoms with Gasteiger partial charge in [0.05, 0.1) is 47.7 Å². The second-order valence-electron chi connectivity index (χ2n) is 9.70. The predicted octanol–water partition coefficient (Wildman–Crippen LogP) is 5.04. The molecule has 0 saturated carbocycles. The number of hydrogen-bond acceptors (Lipinski definition) is 6. The van der Waals surface area contributed by atoms with Gasteiger partial charge in [-0.1, -0.05) is 35.3 Å². The molecule has 1 N–H and O–H groups in total. The molecule has 1 amide bonds. The summed E-state index contributed by atoms with van der Waals surface area (Å²) >= 11 is 12.2. The fourth-order valence-electron chi connectivity index (χ4n) is 5.08. The molecule has 0 spiro atoms. The minimum atomic E-state index is -1.65. The smallest absolute Gasteiger partial charge is 0.257 e. The Bertz CT molecular complexity index is 1330. The maximum Gasteiger partial charge on any atom is 0.257 e. The maximum atomic E-state index is 16.3. The quantitative estimate of drug-likeness (QED) is 0.415. The Morgan fingerprint density at radius 2 is 1.95 bits per heavy atom. The molecular formula is C28H27Cl2FN2O5. The highest BCUT2D eigenvalue weighted by Crippen LogP contribution is 2.49. The second kappa shape index (κ2) is 10.5. The number of fused-ring (bicyclic) bond motifs is 1. The lowest BCUT2D eigenvalue weighted by Gasteiger charge is -2.41. The van der Waals surface area contributed by atoms with Crippen LogP contribution in [0.25, 0.3) is 0 Å². The van der Waals surface area contributed by atoms with E-state index in [2.05, 4.69) is 4.98 Å². The molecule has 38 heavy (non-hydrogen) atoms. The largest absolute Gasteiger partial charge is 0.383 e. The highest BCUT2D eigenvalue weighted by molar-refractivity contribution is 6.30. The van der Waals surface area contributed by atoms with E-state index in [1.807, 2.05) is 0 Å². The van der Waals surface area contributed by atoms with Gasteiger partial charge in [0.25, 0.3) is 5.91 Å². The highest BCUT2D eigenvalue weighted by Gasteiger charge is 2.56. The molecule has 3 aromatic rings. The zero-order chi connectivity index (χ0) is 27.1. The number of halogens is 3. The van der Waals surface area contributed by atoms with Crippen molar-refractivity contribution in [2.45, 2.75) is 37.3 Å². The van der Waals surface area contributed by atoms with Gasteiger partial charge >= 0.3 is 0 Å². The minimum Gasteiger partial charge on any atom is -0.383 e. The van der Waals surface area contributed by atoms with Crippen molar-refractivity contribution < 1.29 is 28.5 Å². The number of ether oxygens (including phenoxy) is 3. The lowest BCUT2D eigenvalue weighted by molar-refractivity contribution is -0.148. The molecule has 0 bridgehead atoms. The Labute approximate surface area is 230 Å². The summed E-state index contributed by atoms with van der Waals surface area (Å²) in [6, 6.07) is 12.9. The van der Waals surface area contributed by atoms with Gasteiger partial charge in [-0.15, -0.1) is 0 Å². The lowest BCUT2D eigenvalue weighted by Crippen LogP contribution is -2.49. The van der Waals surface area contributed by atoms with Crippen molar-refractivity contribution in [3.63, 3.8) is 0 Å². The Balaban J connectivity index is 1.75. The van der Waals surface area contributed by atoms with E-state index in [1.54, 1.807) is 36.4 Å². The van der Waals surface area contributed by atoms with Crippen LogP contribution in [-0.2, 0) is 32.1 Å². The number of nitrogens with zero attached hydrogens (tertiary/aromatic N) is 2. The summed E-state index contributed by atoms with van der Waals surface area (Å²) in [5, 5.41) is 11.9. The number of carbonyl (C=O) groups excluding carboxylic acids is 1. The summed E-state index contributed by atoms with van der Waals surface area (Å²) in [5.41, 5.74) is -1.77. The summed E-state index contributed by atoms with van der Waals surface area (Å²) in [6.07, 6.45) is 1.66. The first-order valence-corrected chi connectivity index (χ1v) is 12.9. The van der Waals surface area contributed by atoms with Crippen LogP contribution in [0.1, 0.15) is 46.1 Å². The third kappa shape index (κ3) is 4.81. The van der Waals surface area contributed by atoms with Crippen molar-refractivity contribution >= 4 is 29.1 Å². The summed E-state index contributed by atoms with van der Waals surface area (Å²) in [4.78, 5) is 20.0. The van der Waals surface area contributed by atoms with E-state index in [-0.39, 0.29) is 29.8 Å². The van der Waals surface area contributed by atoms with Gasteiger partial charge in [-0.2, -0.15) is 0 Å². The zero-order valence-corrected chi connectivity index (χ0v) is 22.4. The number of rotatable bonds is 8. The molecule has 2 aromatic carbocycles. The van der Waals surface area contributed by atoms with Gasteiger partial charge in [-0.3, -0.25) is 14.7 Å². The first kappa shape index (κ1) is 27.0. The van der Waals surface area contributed by atoms with Crippen molar-refractivity contribution in [2.75, 3.05) is 26.9 Å². The third-order valence-corrected chi connectivity index (χ3v) is 7.38. The molecule has 3 heterocycles. The topological polar surface area (TPSA) is 81.1 Å². The summed E-state index contributed by atoms with van der Waals surface area (Å²) in [5.74, 6) is -1.16. The zero-order valence-electron chi connectivity index (χ0n) is 20.9. The summed E-state index contributed by atoms with van der Waals surface area (Å²) < 4.78 is 33.7. The van der Waals surface area contributed by atoms with Crippen LogP contribution in [0, 0.1) is 5.82 Å². The number of pyridine rings is 1. The van der Waals surface area contributed by atoms with Crippen LogP contribution >= 0.6 is 23.2 Å². The molecule has 7 nitrogen and oxygen atoms in total. The average molecular weight is 561 g/mol. The van der Waals surface area contributed by atoms with Gasteiger partial charge in [0.1, 0.15) is 11.4 Å². The number of hydrogen-bond donors (Lipinski definition) is 1. The van der Waals surface area contributed by atoms with Gasteiger partial charge in [-0.05, 0) is 55.3 Å². The number of methoxy groups -OCH3 is 1. The van der Waals surface area contributed by atoms with Crippen LogP contribution in [-0.4, -0.2) is 53.9 Å². The number of amides is 1. The molecule has 5 rings (SSSR count). The normalized spacial score (nSPS) is 22.5. The SMILES string of the molecule is COC[C@](C)(O)c1cc(F)c2c(c1)C(=O)N(Cc1ccc(Cl)cn1)[C@@]2(O[C@H]1CCOC1)c1ccc(Cl)cc1.